The van der Waals surface area contributed by atoms with E-state index in [9.17, 15) is 9.59 Å². The Labute approximate surface area is 159 Å². The molecule has 1 heterocycles. The van der Waals surface area contributed by atoms with E-state index in [1.807, 2.05) is 11.0 Å². The van der Waals surface area contributed by atoms with Crippen molar-refractivity contribution in [3.8, 4) is 0 Å². The van der Waals surface area contributed by atoms with Gasteiger partial charge < -0.3 is 16.0 Å². The second kappa shape index (κ2) is 8.68. The number of primary amides is 1. The summed E-state index contributed by atoms with van der Waals surface area (Å²) in [5.41, 5.74) is 7.61. The van der Waals surface area contributed by atoms with Crippen LogP contribution < -0.4 is 11.1 Å². The second-order valence-electron chi connectivity index (χ2n) is 6.96. The number of hydrogen-bond acceptors (Lipinski definition) is 3. The van der Waals surface area contributed by atoms with Gasteiger partial charge >= 0.3 is 6.03 Å². The average Bonchev–Trinajstić information content (AvgIpc) is 2.84. The van der Waals surface area contributed by atoms with Crippen LogP contribution in [0, 0.1) is 0 Å². The highest BCUT2D eigenvalue weighted by Crippen LogP contribution is 2.18. The Morgan fingerprint density at radius 3 is 2.41 bits per heavy atom. The van der Waals surface area contributed by atoms with Gasteiger partial charge in [0, 0.05) is 43.5 Å². The van der Waals surface area contributed by atoms with Crippen LogP contribution in [0.3, 0.4) is 0 Å². The standard InChI is InChI=1S/C21H26N4O2/c1-16-11-12-24(15-17-5-3-2-4-6-17)13-14-25(16)20(26)18-7-9-19(10-8-18)23-21(22)27/h2-10,16H,11-15H2,1H3,(H3,22,23,27). The Hall–Kier alpha value is -2.86. The molecule has 6 heteroatoms. The molecule has 6 nitrogen and oxygen atoms in total. The van der Waals surface area contributed by atoms with Crippen LogP contribution in [0.15, 0.2) is 54.6 Å². The third-order valence-corrected chi connectivity index (χ3v) is 4.96. The Bertz CT molecular complexity index is 777. The highest BCUT2D eigenvalue weighted by atomic mass is 16.2. The van der Waals surface area contributed by atoms with Crippen molar-refractivity contribution in [1.82, 2.24) is 9.80 Å². The van der Waals surface area contributed by atoms with Crippen LogP contribution in [0.5, 0.6) is 0 Å². The molecule has 2 aromatic rings. The highest BCUT2D eigenvalue weighted by molar-refractivity contribution is 5.95. The van der Waals surface area contributed by atoms with E-state index in [1.165, 1.54) is 5.56 Å². The van der Waals surface area contributed by atoms with Gasteiger partial charge in [0.1, 0.15) is 0 Å². The average molecular weight is 366 g/mol. The van der Waals surface area contributed by atoms with E-state index >= 15 is 0 Å². The number of nitrogens with two attached hydrogens (primary N) is 1. The summed E-state index contributed by atoms with van der Waals surface area (Å²) in [7, 11) is 0. The Kier molecular flexibility index (Phi) is 6.08. The van der Waals surface area contributed by atoms with E-state index in [1.54, 1.807) is 24.3 Å². The van der Waals surface area contributed by atoms with Crippen molar-refractivity contribution < 1.29 is 9.59 Å². The molecule has 1 atom stereocenters. The number of benzene rings is 2. The predicted octanol–water partition coefficient (Wildman–Crippen LogP) is 2.91. The molecule has 1 aliphatic rings. The zero-order valence-electron chi connectivity index (χ0n) is 15.6. The van der Waals surface area contributed by atoms with Gasteiger partial charge in [-0.2, -0.15) is 0 Å². The molecule has 0 saturated carbocycles. The highest BCUT2D eigenvalue weighted by Gasteiger charge is 2.25. The lowest BCUT2D eigenvalue weighted by molar-refractivity contribution is 0.0701. The van der Waals surface area contributed by atoms with Crippen LogP contribution in [-0.2, 0) is 6.54 Å². The molecule has 1 saturated heterocycles. The molecule has 142 valence electrons. The maximum Gasteiger partial charge on any atom is 0.316 e. The number of nitrogens with one attached hydrogen (secondary N) is 1. The van der Waals surface area contributed by atoms with E-state index < -0.39 is 6.03 Å². The molecule has 0 spiro atoms. The number of urea groups is 1. The van der Waals surface area contributed by atoms with Crippen molar-refractivity contribution in [2.75, 3.05) is 25.0 Å². The first kappa shape index (κ1) is 18.9. The summed E-state index contributed by atoms with van der Waals surface area (Å²) < 4.78 is 0. The number of nitrogens with zero attached hydrogens (tertiary/aromatic N) is 2. The van der Waals surface area contributed by atoms with Gasteiger partial charge in [-0.3, -0.25) is 9.69 Å². The zero-order chi connectivity index (χ0) is 19.2. The predicted molar refractivity (Wildman–Crippen MR) is 106 cm³/mol. The molecule has 3 N–H and O–H groups in total. The summed E-state index contributed by atoms with van der Waals surface area (Å²) in [5, 5.41) is 2.51. The van der Waals surface area contributed by atoms with Crippen molar-refractivity contribution in [2.45, 2.75) is 25.9 Å². The van der Waals surface area contributed by atoms with Crippen LogP contribution in [0.2, 0.25) is 0 Å². The summed E-state index contributed by atoms with van der Waals surface area (Å²) in [6, 6.07) is 16.8. The van der Waals surface area contributed by atoms with Gasteiger partial charge in [0.2, 0.25) is 0 Å². The second-order valence-corrected chi connectivity index (χ2v) is 6.96. The minimum absolute atomic E-state index is 0.0229. The molecule has 3 amide bonds. The summed E-state index contributed by atoms with van der Waals surface area (Å²) in [6.45, 7) is 5.54. The van der Waals surface area contributed by atoms with E-state index in [4.69, 9.17) is 5.73 Å². The number of anilines is 1. The molecule has 0 bridgehead atoms. The fourth-order valence-electron chi connectivity index (χ4n) is 3.41. The molecular formula is C21H26N4O2. The fraction of sp³-hybridized carbons (Fsp3) is 0.333. The van der Waals surface area contributed by atoms with Crippen LogP contribution in [0.1, 0.15) is 29.3 Å². The molecule has 1 fully saturated rings. The Morgan fingerprint density at radius 2 is 1.74 bits per heavy atom. The van der Waals surface area contributed by atoms with Crippen molar-refractivity contribution >= 4 is 17.6 Å². The summed E-state index contributed by atoms with van der Waals surface area (Å²) in [6.07, 6.45) is 0.944. The summed E-state index contributed by atoms with van der Waals surface area (Å²) in [5.74, 6) is 0.0229. The van der Waals surface area contributed by atoms with Crippen molar-refractivity contribution in [3.05, 3.63) is 65.7 Å². The van der Waals surface area contributed by atoms with Crippen LogP contribution in [-0.4, -0.2) is 47.4 Å². The maximum absolute atomic E-state index is 13.0. The molecule has 0 aliphatic carbocycles. The van der Waals surface area contributed by atoms with Gasteiger partial charge in [-0.15, -0.1) is 0 Å². The fourth-order valence-corrected chi connectivity index (χ4v) is 3.41. The molecule has 1 aliphatic heterocycles. The molecule has 0 aromatic heterocycles. The Balaban J connectivity index is 1.63. The number of amides is 3. The zero-order valence-corrected chi connectivity index (χ0v) is 15.6. The minimum Gasteiger partial charge on any atom is -0.351 e. The first-order valence-corrected chi connectivity index (χ1v) is 9.26. The molecule has 1 unspecified atom stereocenters. The first-order chi connectivity index (χ1) is 13.0. The minimum atomic E-state index is -0.617. The lowest BCUT2D eigenvalue weighted by Gasteiger charge is -2.27. The largest absolute Gasteiger partial charge is 0.351 e. The maximum atomic E-state index is 13.0. The third kappa shape index (κ3) is 5.08. The molecular weight excluding hydrogens is 340 g/mol. The number of rotatable bonds is 4. The van der Waals surface area contributed by atoms with Crippen molar-refractivity contribution in [3.63, 3.8) is 0 Å². The third-order valence-electron chi connectivity index (χ3n) is 4.96. The van der Waals surface area contributed by atoms with Crippen molar-refractivity contribution in [1.29, 1.82) is 0 Å². The molecule has 3 rings (SSSR count). The normalized spacial score (nSPS) is 18.0. The van der Waals surface area contributed by atoms with E-state index in [0.717, 1.165) is 26.1 Å². The number of carbonyl (C=O) groups excluding carboxylic acids is 2. The van der Waals surface area contributed by atoms with Crippen LogP contribution >= 0.6 is 0 Å². The van der Waals surface area contributed by atoms with E-state index in [-0.39, 0.29) is 11.9 Å². The SMILES string of the molecule is CC1CCN(Cc2ccccc2)CCN1C(=O)c1ccc(NC(N)=O)cc1. The molecule has 0 radical (unpaired) electrons. The van der Waals surface area contributed by atoms with Crippen LogP contribution in [0.25, 0.3) is 0 Å². The topological polar surface area (TPSA) is 78.7 Å². The number of carbonyl (C=O) groups is 2. The van der Waals surface area contributed by atoms with E-state index in [0.29, 0.717) is 17.8 Å². The number of hydrogen-bond donors (Lipinski definition) is 2. The molecule has 27 heavy (non-hydrogen) atoms. The Morgan fingerprint density at radius 1 is 1.04 bits per heavy atom. The van der Waals surface area contributed by atoms with E-state index in [2.05, 4.69) is 41.4 Å². The van der Waals surface area contributed by atoms with Gasteiger partial charge in [-0.25, -0.2) is 4.79 Å². The van der Waals surface area contributed by atoms with Gasteiger partial charge in [0.05, 0.1) is 0 Å². The lowest BCUT2D eigenvalue weighted by atomic mass is 10.1. The van der Waals surface area contributed by atoms with Crippen LogP contribution in [0.4, 0.5) is 10.5 Å². The summed E-state index contributed by atoms with van der Waals surface area (Å²) >= 11 is 0. The van der Waals surface area contributed by atoms with Gasteiger partial charge in [0.15, 0.2) is 0 Å². The smallest absolute Gasteiger partial charge is 0.316 e. The quantitative estimate of drug-likeness (QED) is 0.873. The monoisotopic (exact) mass is 366 g/mol. The van der Waals surface area contributed by atoms with Gasteiger partial charge in [-0.1, -0.05) is 30.3 Å². The van der Waals surface area contributed by atoms with Crippen molar-refractivity contribution in [2.24, 2.45) is 5.73 Å². The van der Waals surface area contributed by atoms with Gasteiger partial charge in [0.25, 0.3) is 5.91 Å². The van der Waals surface area contributed by atoms with Gasteiger partial charge in [-0.05, 0) is 43.2 Å². The summed E-state index contributed by atoms with van der Waals surface area (Å²) in [4.78, 5) is 28.2. The first-order valence-electron chi connectivity index (χ1n) is 9.26. The lowest BCUT2D eigenvalue weighted by Crippen LogP contribution is -2.39. The molecule has 2 aromatic carbocycles.